The highest BCUT2D eigenvalue weighted by Crippen LogP contribution is 2.43. The average molecular weight is 312 g/mol. The van der Waals surface area contributed by atoms with Crippen molar-refractivity contribution < 1.29 is 9.32 Å². The summed E-state index contributed by atoms with van der Waals surface area (Å²) in [5.41, 5.74) is 0. The second-order valence-electron chi connectivity index (χ2n) is 5.67. The van der Waals surface area contributed by atoms with Crippen LogP contribution < -0.4 is 0 Å². The van der Waals surface area contributed by atoms with Gasteiger partial charge >= 0.3 is 0 Å². The molecule has 0 spiro atoms. The zero-order chi connectivity index (χ0) is 14.1. The molecule has 1 saturated carbocycles. The van der Waals surface area contributed by atoms with Gasteiger partial charge in [-0.3, -0.25) is 4.79 Å². The van der Waals surface area contributed by atoms with Crippen LogP contribution in [0.25, 0.3) is 0 Å². The van der Waals surface area contributed by atoms with Crippen molar-refractivity contribution in [2.75, 3.05) is 5.75 Å². The Labute approximate surface area is 127 Å². The summed E-state index contributed by atoms with van der Waals surface area (Å²) in [6.45, 7) is 4.54. The molecule has 4 nitrogen and oxygen atoms in total. The highest BCUT2D eigenvalue weighted by atomic mass is 32.2. The van der Waals surface area contributed by atoms with Crippen LogP contribution in [-0.2, 0) is 4.79 Å². The lowest BCUT2D eigenvalue weighted by Crippen LogP contribution is -2.22. The van der Waals surface area contributed by atoms with Gasteiger partial charge in [0.15, 0.2) is 5.82 Å². The minimum absolute atomic E-state index is 0.284. The first-order valence-electron chi connectivity index (χ1n) is 7.25. The Hall–Kier alpha value is -0.490. The molecule has 6 heteroatoms. The molecule has 1 saturated heterocycles. The number of ketones is 1. The minimum atomic E-state index is 0.284. The van der Waals surface area contributed by atoms with Crippen LogP contribution in [0.5, 0.6) is 0 Å². The van der Waals surface area contributed by atoms with Gasteiger partial charge in [0.25, 0.3) is 0 Å². The summed E-state index contributed by atoms with van der Waals surface area (Å²) < 4.78 is 5.46. The Morgan fingerprint density at radius 3 is 2.65 bits per heavy atom. The summed E-state index contributed by atoms with van der Waals surface area (Å²) in [5, 5.41) is 5.84. The van der Waals surface area contributed by atoms with Crippen LogP contribution in [0, 0.1) is 0 Å². The summed E-state index contributed by atoms with van der Waals surface area (Å²) in [5.74, 6) is 3.28. The third-order valence-corrected chi connectivity index (χ3v) is 7.58. The third kappa shape index (κ3) is 3.06. The Morgan fingerprint density at radius 2 is 1.95 bits per heavy atom. The normalized spacial score (nSPS) is 32.5. The molecule has 2 fully saturated rings. The third-order valence-electron chi connectivity index (χ3n) is 4.19. The summed E-state index contributed by atoms with van der Waals surface area (Å²) in [7, 11) is 0. The van der Waals surface area contributed by atoms with E-state index in [0.29, 0.717) is 34.4 Å². The van der Waals surface area contributed by atoms with E-state index in [1.165, 1.54) is 0 Å². The first kappa shape index (κ1) is 14.4. The highest BCUT2D eigenvalue weighted by Gasteiger charge is 2.31. The average Bonchev–Trinajstić information content (AvgIpc) is 2.92. The van der Waals surface area contributed by atoms with Gasteiger partial charge in [-0.05, 0) is 12.8 Å². The summed E-state index contributed by atoms with van der Waals surface area (Å²) in [6.07, 6.45) is 3.04. The van der Waals surface area contributed by atoms with Crippen molar-refractivity contribution in [2.24, 2.45) is 0 Å². The van der Waals surface area contributed by atoms with Gasteiger partial charge in [0.1, 0.15) is 5.78 Å². The molecule has 1 aliphatic carbocycles. The van der Waals surface area contributed by atoms with Crippen molar-refractivity contribution in [3.05, 3.63) is 11.7 Å². The van der Waals surface area contributed by atoms with Crippen LogP contribution in [0.1, 0.15) is 62.4 Å². The first-order chi connectivity index (χ1) is 9.63. The Morgan fingerprint density at radius 1 is 1.20 bits per heavy atom. The molecule has 0 bridgehead atoms. The fourth-order valence-electron chi connectivity index (χ4n) is 2.65. The standard InChI is InChI=1S/C14H20N2O2S2/c1-8-9(2)20-12(7-19-8)13-15-14(18-16-13)10-3-5-11(17)6-4-10/h8-10,12H,3-7H2,1-2H3. The van der Waals surface area contributed by atoms with E-state index in [-0.39, 0.29) is 5.92 Å². The molecule has 1 aliphatic heterocycles. The second kappa shape index (κ2) is 6.10. The minimum Gasteiger partial charge on any atom is -0.339 e. The largest absolute Gasteiger partial charge is 0.339 e. The number of Topliss-reactive ketones (excluding diaryl/α,β-unsaturated/α-hetero) is 1. The lowest BCUT2D eigenvalue weighted by molar-refractivity contribution is -0.120. The number of carbonyl (C=O) groups is 1. The van der Waals surface area contributed by atoms with E-state index < -0.39 is 0 Å². The monoisotopic (exact) mass is 312 g/mol. The number of hydrogen-bond acceptors (Lipinski definition) is 6. The van der Waals surface area contributed by atoms with Crippen LogP contribution in [0.3, 0.4) is 0 Å². The van der Waals surface area contributed by atoms with Crippen LogP contribution in [0.4, 0.5) is 0 Å². The van der Waals surface area contributed by atoms with Crippen LogP contribution >= 0.6 is 23.5 Å². The maximum Gasteiger partial charge on any atom is 0.229 e. The molecule has 2 aliphatic rings. The van der Waals surface area contributed by atoms with Gasteiger partial charge in [-0.15, -0.1) is 11.8 Å². The lowest BCUT2D eigenvalue weighted by atomic mass is 9.88. The van der Waals surface area contributed by atoms with Gasteiger partial charge in [0, 0.05) is 35.0 Å². The fourth-order valence-corrected chi connectivity index (χ4v) is 5.48. The molecule has 3 atom stereocenters. The number of carbonyl (C=O) groups excluding carboxylic acids is 1. The van der Waals surface area contributed by atoms with Crippen LogP contribution in [0.15, 0.2) is 4.52 Å². The molecule has 0 amide bonds. The number of rotatable bonds is 2. The molecule has 0 radical (unpaired) electrons. The predicted octanol–water partition coefficient (Wildman–Crippen LogP) is 3.59. The molecule has 1 aromatic heterocycles. The maximum absolute atomic E-state index is 11.3. The molecule has 0 N–H and O–H groups in total. The summed E-state index contributed by atoms with van der Waals surface area (Å²) in [4.78, 5) is 15.9. The van der Waals surface area contributed by atoms with Crippen molar-refractivity contribution in [3.8, 4) is 0 Å². The molecular weight excluding hydrogens is 292 g/mol. The van der Waals surface area contributed by atoms with Crippen molar-refractivity contribution in [3.63, 3.8) is 0 Å². The van der Waals surface area contributed by atoms with E-state index in [0.717, 1.165) is 30.3 Å². The quantitative estimate of drug-likeness (QED) is 0.831. The lowest BCUT2D eigenvalue weighted by Gasteiger charge is -2.29. The SMILES string of the molecule is CC1SCC(c2noc(C3CCC(=O)CC3)n2)SC1C. The topological polar surface area (TPSA) is 56.0 Å². The molecule has 2 heterocycles. The first-order valence-corrected chi connectivity index (χ1v) is 9.25. The molecule has 3 rings (SSSR count). The van der Waals surface area contributed by atoms with E-state index in [2.05, 4.69) is 24.0 Å². The number of hydrogen-bond donors (Lipinski definition) is 0. The molecule has 110 valence electrons. The van der Waals surface area contributed by atoms with Gasteiger partial charge in [-0.25, -0.2) is 0 Å². The zero-order valence-corrected chi connectivity index (χ0v) is 13.5. The van der Waals surface area contributed by atoms with Gasteiger partial charge < -0.3 is 4.52 Å². The Balaban J connectivity index is 1.66. The molecule has 20 heavy (non-hydrogen) atoms. The summed E-state index contributed by atoms with van der Waals surface area (Å²) in [6, 6.07) is 0. The molecule has 0 aromatic carbocycles. The fraction of sp³-hybridized carbons (Fsp3) is 0.786. The second-order valence-corrected chi connectivity index (χ2v) is 8.67. The van der Waals surface area contributed by atoms with E-state index in [9.17, 15) is 4.79 Å². The van der Waals surface area contributed by atoms with E-state index in [1.54, 1.807) is 0 Å². The summed E-state index contributed by atoms with van der Waals surface area (Å²) >= 11 is 3.94. The van der Waals surface area contributed by atoms with E-state index in [4.69, 9.17) is 4.52 Å². The smallest absolute Gasteiger partial charge is 0.229 e. The number of aromatic nitrogens is 2. The van der Waals surface area contributed by atoms with Gasteiger partial charge in [0.05, 0.1) is 5.25 Å². The Bertz CT molecular complexity index is 481. The zero-order valence-electron chi connectivity index (χ0n) is 11.9. The van der Waals surface area contributed by atoms with Crippen molar-refractivity contribution >= 4 is 29.3 Å². The molecule has 1 aromatic rings. The maximum atomic E-state index is 11.3. The van der Waals surface area contributed by atoms with Gasteiger partial charge in [-0.1, -0.05) is 19.0 Å². The van der Waals surface area contributed by atoms with Crippen molar-refractivity contribution in [2.45, 2.75) is 61.2 Å². The van der Waals surface area contributed by atoms with E-state index in [1.807, 2.05) is 23.5 Å². The van der Waals surface area contributed by atoms with E-state index >= 15 is 0 Å². The number of thioether (sulfide) groups is 2. The predicted molar refractivity (Wildman–Crippen MR) is 82.2 cm³/mol. The molecular formula is C14H20N2O2S2. The number of nitrogens with zero attached hydrogens (tertiary/aromatic N) is 2. The van der Waals surface area contributed by atoms with Gasteiger partial charge in [-0.2, -0.15) is 16.7 Å². The van der Waals surface area contributed by atoms with Crippen molar-refractivity contribution in [1.82, 2.24) is 10.1 Å². The molecule has 3 unspecified atom stereocenters. The van der Waals surface area contributed by atoms with Crippen molar-refractivity contribution in [1.29, 1.82) is 0 Å². The van der Waals surface area contributed by atoms with Gasteiger partial charge in [0.2, 0.25) is 5.89 Å². The highest BCUT2D eigenvalue weighted by molar-refractivity contribution is 8.07. The van der Waals surface area contributed by atoms with Crippen LogP contribution in [-0.4, -0.2) is 32.2 Å². The van der Waals surface area contributed by atoms with Crippen LogP contribution in [0.2, 0.25) is 0 Å². The Kier molecular flexibility index (Phi) is 4.40.